The molecule has 0 spiro atoms. The minimum atomic E-state index is -2.90. The molecule has 0 amide bonds. The van der Waals surface area contributed by atoms with Crippen LogP contribution >= 0.6 is 0 Å². The predicted octanol–water partition coefficient (Wildman–Crippen LogP) is 2.87. The molecule has 0 saturated heterocycles. The highest BCUT2D eigenvalue weighted by Gasteiger charge is 2.11. The summed E-state index contributed by atoms with van der Waals surface area (Å²) in [5, 5.41) is 0.794. The molecule has 0 fully saturated rings. The Balaban J connectivity index is 1.81. The highest BCUT2D eigenvalue weighted by Crippen LogP contribution is 2.28. The molecule has 4 heterocycles. The zero-order valence-corrected chi connectivity index (χ0v) is 11.1. The summed E-state index contributed by atoms with van der Waals surface area (Å²) in [6, 6.07) is 3.10. The van der Waals surface area contributed by atoms with E-state index in [2.05, 4.69) is 24.7 Å². The number of alkyl halides is 2. The number of nitrogens with zero attached hydrogens (tertiary/aromatic N) is 4. The molecule has 0 atom stereocenters. The Bertz CT molecular complexity index is 962. The Hall–Kier alpha value is -3.03. The lowest BCUT2D eigenvalue weighted by atomic mass is 10.1. The standard InChI is InChI=1S/C14H9F2N5O/c15-13(16)22-11-2-1-9-10(6-18-12(9)20-11)8-5-19-14-17-3-4-21(14)7-8/h1-7,13H,(H,18,20). The van der Waals surface area contributed by atoms with Gasteiger partial charge in [0.05, 0.1) is 0 Å². The molecule has 0 aliphatic heterocycles. The first kappa shape index (κ1) is 12.7. The van der Waals surface area contributed by atoms with Crippen molar-refractivity contribution >= 4 is 16.8 Å². The zero-order chi connectivity index (χ0) is 15.1. The number of ether oxygens (including phenoxy) is 1. The normalized spacial score (nSPS) is 11.6. The van der Waals surface area contributed by atoms with Crippen LogP contribution < -0.4 is 4.74 Å². The molecule has 0 unspecified atom stereocenters. The van der Waals surface area contributed by atoms with Crippen LogP contribution in [0.1, 0.15) is 0 Å². The Morgan fingerprint density at radius 2 is 2.14 bits per heavy atom. The van der Waals surface area contributed by atoms with Crippen molar-refractivity contribution in [2.45, 2.75) is 6.61 Å². The molecule has 4 aromatic heterocycles. The average molecular weight is 301 g/mol. The third-order valence-corrected chi connectivity index (χ3v) is 3.28. The highest BCUT2D eigenvalue weighted by atomic mass is 19.3. The fourth-order valence-electron chi connectivity index (χ4n) is 2.34. The summed E-state index contributed by atoms with van der Waals surface area (Å²) in [5.74, 6) is 0.480. The second-order valence-electron chi connectivity index (χ2n) is 4.60. The predicted molar refractivity (Wildman–Crippen MR) is 74.7 cm³/mol. The van der Waals surface area contributed by atoms with Gasteiger partial charge in [-0.3, -0.25) is 4.40 Å². The second kappa shape index (κ2) is 4.76. The van der Waals surface area contributed by atoms with E-state index in [0.29, 0.717) is 11.4 Å². The molecule has 0 aromatic carbocycles. The number of fused-ring (bicyclic) bond motifs is 2. The molecule has 0 aliphatic carbocycles. The molecule has 0 saturated carbocycles. The molecule has 1 N–H and O–H groups in total. The number of aromatic amines is 1. The molecule has 6 nitrogen and oxygen atoms in total. The summed E-state index contributed by atoms with van der Waals surface area (Å²) in [6.45, 7) is -2.90. The van der Waals surface area contributed by atoms with Crippen molar-refractivity contribution in [3.63, 3.8) is 0 Å². The number of halogens is 2. The lowest BCUT2D eigenvalue weighted by Crippen LogP contribution is -2.03. The lowest BCUT2D eigenvalue weighted by Gasteiger charge is -2.03. The Labute approximate surface area is 122 Å². The van der Waals surface area contributed by atoms with Crippen LogP contribution in [0.4, 0.5) is 8.78 Å². The number of H-pyrrole nitrogens is 1. The van der Waals surface area contributed by atoms with Crippen LogP contribution in [0.25, 0.3) is 27.9 Å². The number of hydrogen-bond acceptors (Lipinski definition) is 4. The van der Waals surface area contributed by atoms with Crippen molar-refractivity contribution < 1.29 is 13.5 Å². The SMILES string of the molecule is FC(F)Oc1ccc2c(-c3cnc4nccn4c3)c[nH]c2n1. The van der Waals surface area contributed by atoms with Crippen molar-refractivity contribution in [1.82, 2.24) is 24.3 Å². The van der Waals surface area contributed by atoms with Gasteiger partial charge in [0.2, 0.25) is 11.7 Å². The first-order valence-electron chi connectivity index (χ1n) is 6.43. The monoisotopic (exact) mass is 301 g/mol. The molecular weight excluding hydrogens is 292 g/mol. The molecule has 0 aliphatic rings. The van der Waals surface area contributed by atoms with Gasteiger partial charge in [-0.2, -0.15) is 13.8 Å². The van der Waals surface area contributed by atoms with Crippen molar-refractivity contribution in [1.29, 1.82) is 0 Å². The molecular formula is C14H9F2N5O. The quantitative estimate of drug-likeness (QED) is 0.632. The van der Waals surface area contributed by atoms with E-state index >= 15 is 0 Å². The average Bonchev–Trinajstić information content (AvgIpc) is 3.11. The molecule has 0 radical (unpaired) electrons. The second-order valence-corrected chi connectivity index (χ2v) is 4.60. The smallest absolute Gasteiger partial charge is 0.388 e. The lowest BCUT2D eigenvalue weighted by molar-refractivity contribution is -0.0526. The molecule has 110 valence electrons. The first-order chi connectivity index (χ1) is 10.7. The van der Waals surface area contributed by atoms with Crippen LogP contribution in [0.15, 0.2) is 43.1 Å². The maximum absolute atomic E-state index is 12.2. The topological polar surface area (TPSA) is 68.1 Å². The molecule has 8 heteroatoms. The van der Waals surface area contributed by atoms with Crippen LogP contribution in [-0.2, 0) is 0 Å². The van der Waals surface area contributed by atoms with E-state index in [9.17, 15) is 8.78 Å². The van der Waals surface area contributed by atoms with Gasteiger partial charge in [-0.25, -0.2) is 9.97 Å². The molecule has 0 bridgehead atoms. The van der Waals surface area contributed by atoms with Crippen molar-refractivity contribution in [3.8, 4) is 17.0 Å². The maximum Gasteiger partial charge on any atom is 0.388 e. The van der Waals surface area contributed by atoms with Gasteiger partial charge in [0.1, 0.15) is 5.65 Å². The van der Waals surface area contributed by atoms with Crippen LogP contribution in [-0.4, -0.2) is 30.9 Å². The molecule has 22 heavy (non-hydrogen) atoms. The summed E-state index contributed by atoms with van der Waals surface area (Å²) in [7, 11) is 0. The zero-order valence-electron chi connectivity index (χ0n) is 11.1. The minimum absolute atomic E-state index is 0.126. The summed E-state index contributed by atoms with van der Waals surface area (Å²) in [5.41, 5.74) is 2.20. The van der Waals surface area contributed by atoms with E-state index in [1.54, 1.807) is 35.3 Å². The number of nitrogens with one attached hydrogen (secondary N) is 1. The van der Waals surface area contributed by atoms with Crippen LogP contribution in [0.2, 0.25) is 0 Å². The van der Waals surface area contributed by atoms with Crippen molar-refractivity contribution in [3.05, 3.63) is 43.1 Å². The van der Waals surface area contributed by atoms with Crippen molar-refractivity contribution in [2.75, 3.05) is 0 Å². The van der Waals surface area contributed by atoms with Gasteiger partial charge >= 0.3 is 6.61 Å². The summed E-state index contributed by atoms with van der Waals surface area (Å²) in [6.07, 6.45) is 8.81. The summed E-state index contributed by atoms with van der Waals surface area (Å²) >= 11 is 0. The number of aromatic nitrogens is 5. The van der Waals surface area contributed by atoms with Crippen LogP contribution in [0.3, 0.4) is 0 Å². The fourth-order valence-corrected chi connectivity index (χ4v) is 2.34. The number of hydrogen-bond donors (Lipinski definition) is 1. The third kappa shape index (κ3) is 2.05. The third-order valence-electron chi connectivity index (χ3n) is 3.28. The van der Waals surface area contributed by atoms with E-state index < -0.39 is 6.61 Å². The van der Waals surface area contributed by atoms with Gasteiger partial charge < -0.3 is 9.72 Å². The van der Waals surface area contributed by atoms with E-state index in [1.165, 1.54) is 6.07 Å². The Kier molecular flexibility index (Phi) is 2.75. The first-order valence-corrected chi connectivity index (χ1v) is 6.43. The van der Waals surface area contributed by atoms with Gasteiger partial charge in [0.25, 0.3) is 0 Å². The van der Waals surface area contributed by atoms with Gasteiger partial charge in [0, 0.05) is 53.6 Å². The van der Waals surface area contributed by atoms with Gasteiger partial charge in [0.15, 0.2) is 0 Å². The van der Waals surface area contributed by atoms with E-state index in [4.69, 9.17) is 0 Å². The van der Waals surface area contributed by atoms with E-state index in [1.807, 2.05) is 6.20 Å². The number of pyridine rings is 1. The largest absolute Gasteiger partial charge is 0.417 e. The summed E-state index contributed by atoms with van der Waals surface area (Å²) in [4.78, 5) is 15.3. The van der Waals surface area contributed by atoms with E-state index in [-0.39, 0.29) is 5.88 Å². The number of rotatable bonds is 3. The van der Waals surface area contributed by atoms with Gasteiger partial charge in [-0.15, -0.1) is 0 Å². The molecule has 4 rings (SSSR count). The van der Waals surface area contributed by atoms with Crippen LogP contribution in [0.5, 0.6) is 5.88 Å². The number of imidazole rings is 1. The summed E-state index contributed by atoms with van der Waals surface area (Å²) < 4.78 is 30.5. The van der Waals surface area contributed by atoms with Crippen LogP contribution in [0, 0.1) is 0 Å². The Morgan fingerprint density at radius 3 is 3.00 bits per heavy atom. The van der Waals surface area contributed by atoms with Crippen molar-refractivity contribution in [2.24, 2.45) is 0 Å². The maximum atomic E-state index is 12.2. The van der Waals surface area contributed by atoms with E-state index in [0.717, 1.165) is 16.5 Å². The minimum Gasteiger partial charge on any atom is -0.417 e. The fraction of sp³-hybridized carbons (Fsp3) is 0.0714. The molecule has 4 aromatic rings. The van der Waals surface area contributed by atoms with Gasteiger partial charge in [-0.05, 0) is 6.07 Å². The van der Waals surface area contributed by atoms with Gasteiger partial charge in [-0.1, -0.05) is 0 Å². The highest BCUT2D eigenvalue weighted by molar-refractivity contribution is 5.93. The Morgan fingerprint density at radius 1 is 1.23 bits per heavy atom.